The van der Waals surface area contributed by atoms with Crippen LogP contribution in [0, 0.1) is 0 Å². The zero-order valence-corrected chi connectivity index (χ0v) is 20.2. The van der Waals surface area contributed by atoms with E-state index < -0.39 is 23.9 Å². The fourth-order valence-corrected chi connectivity index (χ4v) is 2.34. The van der Waals surface area contributed by atoms with E-state index in [-0.39, 0.29) is 64.2 Å². The van der Waals surface area contributed by atoms with Crippen LogP contribution in [-0.2, 0) is 14.4 Å². The summed E-state index contributed by atoms with van der Waals surface area (Å²) in [4.78, 5) is 30.0. The van der Waals surface area contributed by atoms with E-state index in [0.29, 0.717) is 6.42 Å². The van der Waals surface area contributed by atoms with Crippen LogP contribution in [0.15, 0.2) is 0 Å². The van der Waals surface area contributed by atoms with Crippen LogP contribution in [0.2, 0.25) is 0 Å². The third kappa shape index (κ3) is 30.9. The Morgan fingerprint density at radius 2 is 1.15 bits per heavy atom. The first-order chi connectivity index (χ1) is 12.3. The molecule has 0 spiro atoms. The summed E-state index contributed by atoms with van der Waals surface area (Å²) >= 11 is 0. The second-order valence-electron chi connectivity index (χ2n) is 6.54. The molecule has 0 heterocycles. The Kier molecular flexibility index (Phi) is 28.2. The van der Waals surface area contributed by atoms with Gasteiger partial charge in [0.1, 0.15) is 0 Å². The maximum atomic E-state index is 10.3. The molecule has 0 aliphatic carbocycles. The molecule has 0 saturated heterocycles. The van der Waals surface area contributed by atoms with Crippen LogP contribution < -0.4 is 62.2 Å². The number of carboxylic acid groups (broad SMARTS) is 3. The van der Waals surface area contributed by atoms with Crippen molar-refractivity contribution < 1.29 is 81.1 Å². The number of hydrogen-bond acceptors (Lipinski definition) is 5. The summed E-state index contributed by atoms with van der Waals surface area (Å²) < 4.78 is 0. The maximum Gasteiger partial charge on any atom is 1.00 e. The number of carboxylic acids is 3. The van der Waals surface area contributed by atoms with Crippen LogP contribution in [0.5, 0.6) is 0 Å². The number of aliphatic carboxylic acids is 3. The molecule has 27 heavy (non-hydrogen) atoms. The quantitative estimate of drug-likeness (QED) is 0.233. The van der Waals surface area contributed by atoms with Gasteiger partial charge in [-0.25, -0.2) is 0 Å². The number of rotatable bonds is 16. The molecule has 0 radical (unpaired) electrons. The van der Waals surface area contributed by atoms with Gasteiger partial charge in [-0.05, 0) is 12.8 Å². The number of carbonyl (C=O) groups excluding carboxylic acids is 1. The normalized spacial score (nSPS) is 10.9. The van der Waals surface area contributed by atoms with Crippen molar-refractivity contribution in [1.82, 2.24) is 0 Å². The van der Waals surface area contributed by atoms with Crippen molar-refractivity contribution in [2.75, 3.05) is 0 Å². The first kappa shape index (κ1) is 31.7. The van der Waals surface area contributed by atoms with Crippen molar-refractivity contribution in [3.8, 4) is 0 Å². The van der Waals surface area contributed by atoms with E-state index in [1.165, 1.54) is 57.8 Å². The molecule has 154 valence electrons. The van der Waals surface area contributed by atoms with Gasteiger partial charge in [0.15, 0.2) is 0 Å². The zero-order chi connectivity index (χ0) is 20.2. The monoisotopic (exact) mass is 413 g/mol. The van der Waals surface area contributed by atoms with E-state index in [0.717, 1.165) is 12.8 Å². The largest absolute Gasteiger partial charge is 1.00 e. The molecule has 7 nitrogen and oxygen atoms in total. The van der Waals surface area contributed by atoms with Crippen molar-refractivity contribution in [1.29, 1.82) is 0 Å². The van der Waals surface area contributed by atoms with Crippen LogP contribution in [0.1, 0.15) is 96.8 Å². The molecule has 0 fully saturated rings. The summed E-state index contributed by atoms with van der Waals surface area (Å²) in [6, 6.07) is -1.17. The van der Waals surface area contributed by atoms with Crippen molar-refractivity contribution in [2.24, 2.45) is 5.73 Å². The molecule has 4 N–H and O–H groups in total. The average molecular weight is 414 g/mol. The van der Waals surface area contributed by atoms with Crippen LogP contribution in [0.3, 0.4) is 0 Å². The van der Waals surface area contributed by atoms with Gasteiger partial charge >= 0.3 is 63.3 Å². The molecular weight excluding hydrogens is 377 g/mol. The minimum atomic E-state index is -1.42. The van der Waals surface area contributed by atoms with Gasteiger partial charge in [0.2, 0.25) is 0 Å². The molecule has 0 aromatic carbocycles. The van der Waals surface area contributed by atoms with Gasteiger partial charge in [-0.3, -0.25) is 9.59 Å². The van der Waals surface area contributed by atoms with E-state index in [9.17, 15) is 19.5 Å². The van der Waals surface area contributed by atoms with Gasteiger partial charge in [0.05, 0.1) is 5.97 Å². The number of unbranched alkanes of at least 4 members (excludes halogenated alkanes) is 10. The van der Waals surface area contributed by atoms with Crippen molar-refractivity contribution >= 4 is 17.9 Å². The third-order valence-electron chi connectivity index (χ3n) is 3.97. The molecular formula is C19H36KNO6. The molecule has 0 saturated carbocycles. The standard InChI is InChI=1S/C14H28O2.C5H9NO4.K/c1-2-3-4-5-6-7-8-9-10-11-12-13-14(15)16;6-3(5(9)10)1-2-4(7)8;/h2-13H2,1H3,(H,15,16);3H,1-2,6H2,(H,7,8)(H,9,10);/q;;+1/p-1. The Bertz CT molecular complexity index is 379. The summed E-state index contributed by atoms with van der Waals surface area (Å²) in [5.74, 6) is -3.13. The smallest absolute Gasteiger partial charge is 0.548 e. The Morgan fingerprint density at radius 1 is 0.778 bits per heavy atom. The molecule has 0 bridgehead atoms. The molecule has 1 unspecified atom stereocenters. The second-order valence-corrected chi connectivity index (χ2v) is 6.54. The van der Waals surface area contributed by atoms with E-state index in [2.05, 4.69) is 6.92 Å². The van der Waals surface area contributed by atoms with Gasteiger partial charge in [-0.15, -0.1) is 0 Å². The SMILES string of the molecule is CCCCCCCCCCCCCC(=O)O.NC(CCC(=O)O)C(=O)[O-].[K+]. The van der Waals surface area contributed by atoms with Crippen LogP contribution in [0.4, 0.5) is 0 Å². The van der Waals surface area contributed by atoms with E-state index in [1.54, 1.807) is 0 Å². The molecule has 0 aliphatic rings. The van der Waals surface area contributed by atoms with E-state index in [4.69, 9.17) is 15.9 Å². The topological polar surface area (TPSA) is 141 Å². The number of hydrogen-bond donors (Lipinski definition) is 3. The molecule has 1 atom stereocenters. The molecule has 0 rings (SSSR count). The Morgan fingerprint density at radius 3 is 1.48 bits per heavy atom. The summed E-state index contributed by atoms with van der Waals surface area (Å²) in [5.41, 5.74) is 4.94. The molecule has 0 aromatic rings. The van der Waals surface area contributed by atoms with Gasteiger partial charge in [-0.1, -0.05) is 71.1 Å². The van der Waals surface area contributed by atoms with Crippen LogP contribution in [-0.4, -0.2) is 34.2 Å². The Hall–Kier alpha value is 0.00636. The molecule has 0 amide bonds. The summed E-state index contributed by atoms with van der Waals surface area (Å²) in [6.07, 6.45) is 14.0. The Labute approximate surface area is 205 Å². The summed E-state index contributed by atoms with van der Waals surface area (Å²) in [5, 5.41) is 26.4. The minimum absolute atomic E-state index is 0. The van der Waals surface area contributed by atoms with Gasteiger partial charge in [0.25, 0.3) is 0 Å². The fraction of sp³-hybridized carbons (Fsp3) is 0.842. The molecule has 8 heteroatoms. The first-order valence-electron chi connectivity index (χ1n) is 9.71. The minimum Gasteiger partial charge on any atom is -0.548 e. The van der Waals surface area contributed by atoms with Crippen molar-refractivity contribution in [3.05, 3.63) is 0 Å². The fourth-order valence-electron chi connectivity index (χ4n) is 2.34. The maximum absolute atomic E-state index is 10.3. The van der Waals surface area contributed by atoms with Gasteiger partial charge in [0, 0.05) is 18.9 Å². The third-order valence-corrected chi connectivity index (χ3v) is 3.97. The molecule has 0 aromatic heterocycles. The van der Waals surface area contributed by atoms with Crippen LogP contribution in [0.25, 0.3) is 0 Å². The van der Waals surface area contributed by atoms with Crippen molar-refractivity contribution in [3.63, 3.8) is 0 Å². The summed E-state index contributed by atoms with van der Waals surface area (Å²) in [6.45, 7) is 2.25. The predicted molar refractivity (Wildman–Crippen MR) is 98.6 cm³/mol. The Balaban J connectivity index is -0.000000454. The van der Waals surface area contributed by atoms with Crippen molar-refractivity contribution in [2.45, 2.75) is 103 Å². The van der Waals surface area contributed by atoms with E-state index in [1.807, 2.05) is 0 Å². The average Bonchev–Trinajstić information content (AvgIpc) is 2.57. The second kappa shape index (κ2) is 24.0. The van der Waals surface area contributed by atoms with Gasteiger partial charge < -0.3 is 25.8 Å². The zero-order valence-electron chi connectivity index (χ0n) is 17.1. The summed E-state index contributed by atoms with van der Waals surface area (Å²) in [7, 11) is 0. The van der Waals surface area contributed by atoms with E-state index >= 15 is 0 Å². The first-order valence-corrected chi connectivity index (χ1v) is 9.71. The van der Waals surface area contributed by atoms with Crippen LogP contribution >= 0.6 is 0 Å². The molecule has 0 aliphatic heterocycles. The number of carbonyl (C=O) groups is 3. The number of nitrogens with two attached hydrogens (primary N) is 1. The predicted octanol–water partition coefficient (Wildman–Crippen LogP) is -0.295. The van der Waals surface area contributed by atoms with Gasteiger partial charge in [-0.2, -0.15) is 0 Å².